The van der Waals surface area contributed by atoms with Crippen molar-refractivity contribution in [3.63, 3.8) is 0 Å². The quantitative estimate of drug-likeness (QED) is 0.510. The molecule has 2 saturated heterocycles. The van der Waals surface area contributed by atoms with Gasteiger partial charge in [0.2, 0.25) is 0 Å². The highest BCUT2D eigenvalue weighted by Gasteiger charge is 2.27. The molecule has 0 amide bonds. The van der Waals surface area contributed by atoms with Gasteiger partial charge in [0.15, 0.2) is 0 Å². The maximum atomic E-state index is 5.54. The molecule has 9 heavy (non-hydrogen) atoms. The van der Waals surface area contributed by atoms with E-state index in [2.05, 4.69) is 11.8 Å². The molecular formula is C7H12OS. The fraction of sp³-hybridized carbons (Fsp3) is 1.00. The minimum absolute atomic E-state index is 0.630. The molecule has 2 aliphatic heterocycles. The predicted octanol–water partition coefficient (Wildman–Crippen LogP) is 1.53. The van der Waals surface area contributed by atoms with Crippen LogP contribution in [-0.4, -0.2) is 24.2 Å². The van der Waals surface area contributed by atoms with Crippen LogP contribution in [0.3, 0.4) is 0 Å². The Labute approximate surface area is 60.2 Å². The van der Waals surface area contributed by atoms with E-state index in [9.17, 15) is 0 Å². The van der Waals surface area contributed by atoms with E-state index in [0.717, 1.165) is 12.5 Å². The second kappa shape index (κ2) is 2.51. The molecule has 2 aliphatic rings. The van der Waals surface area contributed by atoms with Gasteiger partial charge in [0, 0.05) is 0 Å². The van der Waals surface area contributed by atoms with Crippen LogP contribution < -0.4 is 0 Å². The Hall–Kier alpha value is 0.310. The lowest BCUT2D eigenvalue weighted by molar-refractivity contribution is 0.105. The van der Waals surface area contributed by atoms with Crippen LogP contribution in [0, 0.1) is 5.92 Å². The maximum Gasteiger partial charge on any atom is 0.0587 e. The van der Waals surface area contributed by atoms with Gasteiger partial charge in [-0.2, -0.15) is 11.8 Å². The van der Waals surface area contributed by atoms with Gasteiger partial charge in [-0.3, -0.25) is 0 Å². The minimum Gasteiger partial charge on any atom is -0.378 e. The van der Waals surface area contributed by atoms with Gasteiger partial charge in [0.05, 0.1) is 12.7 Å². The Morgan fingerprint density at radius 1 is 1.44 bits per heavy atom. The van der Waals surface area contributed by atoms with Crippen LogP contribution in [0.5, 0.6) is 0 Å². The Morgan fingerprint density at radius 2 is 2.44 bits per heavy atom. The van der Waals surface area contributed by atoms with Gasteiger partial charge >= 0.3 is 0 Å². The molecule has 2 fully saturated rings. The first-order valence-corrected chi connectivity index (χ1v) is 4.80. The van der Waals surface area contributed by atoms with Crippen LogP contribution in [0.25, 0.3) is 0 Å². The average molecular weight is 144 g/mol. The highest BCUT2D eigenvalue weighted by atomic mass is 32.2. The van der Waals surface area contributed by atoms with Crippen LogP contribution in [-0.2, 0) is 4.74 Å². The number of hydrogen-bond donors (Lipinski definition) is 0. The lowest BCUT2D eigenvalue weighted by Crippen LogP contribution is -2.05. The molecule has 0 saturated carbocycles. The Kier molecular flexibility index (Phi) is 1.68. The SMILES string of the molecule is C1CC2CC(CO2)CS1. The van der Waals surface area contributed by atoms with Crippen LogP contribution in [0.15, 0.2) is 0 Å². The number of rotatable bonds is 0. The molecule has 2 heteroatoms. The summed E-state index contributed by atoms with van der Waals surface area (Å²) in [4.78, 5) is 0. The molecule has 0 N–H and O–H groups in total. The zero-order valence-corrected chi connectivity index (χ0v) is 6.32. The van der Waals surface area contributed by atoms with Crippen molar-refractivity contribution in [3.05, 3.63) is 0 Å². The van der Waals surface area contributed by atoms with Crippen molar-refractivity contribution >= 4 is 11.8 Å². The number of hydrogen-bond acceptors (Lipinski definition) is 2. The lowest BCUT2D eigenvalue weighted by atomic mass is 10.1. The summed E-state index contributed by atoms with van der Waals surface area (Å²) in [6, 6.07) is 0. The summed E-state index contributed by atoms with van der Waals surface area (Å²) < 4.78 is 5.54. The zero-order valence-electron chi connectivity index (χ0n) is 5.51. The number of fused-ring (bicyclic) bond motifs is 2. The molecule has 52 valence electrons. The van der Waals surface area contributed by atoms with Gasteiger partial charge in [-0.25, -0.2) is 0 Å². The third-order valence-corrected chi connectivity index (χ3v) is 3.33. The van der Waals surface area contributed by atoms with Crippen molar-refractivity contribution in [2.24, 2.45) is 5.92 Å². The second-order valence-corrected chi connectivity index (χ2v) is 4.07. The van der Waals surface area contributed by atoms with Crippen molar-refractivity contribution in [3.8, 4) is 0 Å². The molecule has 2 bridgehead atoms. The van der Waals surface area contributed by atoms with E-state index >= 15 is 0 Å². The van der Waals surface area contributed by atoms with E-state index in [1.54, 1.807) is 0 Å². The van der Waals surface area contributed by atoms with Crippen molar-refractivity contribution in [2.75, 3.05) is 18.1 Å². The summed E-state index contributed by atoms with van der Waals surface area (Å²) in [5.41, 5.74) is 0. The van der Waals surface area contributed by atoms with Gasteiger partial charge in [-0.1, -0.05) is 0 Å². The van der Waals surface area contributed by atoms with Crippen LogP contribution in [0.2, 0.25) is 0 Å². The van der Waals surface area contributed by atoms with Crippen molar-refractivity contribution in [1.29, 1.82) is 0 Å². The van der Waals surface area contributed by atoms with E-state index in [0.29, 0.717) is 6.10 Å². The summed E-state index contributed by atoms with van der Waals surface area (Å²) in [6.07, 6.45) is 3.26. The van der Waals surface area contributed by atoms with Crippen LogP contribution in [0.4, 0.5) is 0 Å². The van der Waals surface area contributed by atoms with E-state index in [1.165, 1.54) is 24.3 Å². The molecule has 0 aromatic carbocycles. The minimum atomic E-state index is 0.630. The van der Waals surface area contributed by atoms with E-state index in [4.69, 9.17) is 4.74 Å². The Morgan fingerprint density at radius 3 is 3.44 bits per heavy atom. The van der Waals surface area contributed by atoms with Gasteiger partial charge in [-0.15, -0.1) is 0 Å². The molecule has 2 heterocycles. The van der Waals surface area contributed by atoms with E-state index < -0.39 is 0 Å². The first-order valence-electron chi connectivity index (χ1n) is 3.64. The van der Waals surface area contributed by atoms with Crippen LogP contribution >= 0.6 is 11.8 Å². The summed E-state index contributed by atoms with van der Waals surface area (Å²) >= 11 is 2.10. The molecule has 2 rings (SSSR count). The predicted molar refractivity (Wildman–Crippen MR) is 39.8 cm³/mol. The molecule has 2 unspecified atom stereocenters. The summed E-state index contributed by atoms with van der Waals surface area (Å²) in [5, 5.41) is 0. The van der Waals surface area contributed by atoms with Gasteiger partial charge < -0.3 is 4.74 Å². The van der Waals surface area contributed by atoms with E-state index in [1.807, 2.05) is 0 Å². The smallest absolute Gasteiger partial charge is 0.0587 e. The Balaban J connectivity index is 1.99. The van der Waals surface area contributed by atoms with Gasteiger partial charge in [0.25, 0.3) is 0 Å². The van der Waals surface area contributed by atoms with Crippen molar-refractivity contribution in [1.82, 2.24) is 0 Å². The van der Waals surface area contributed by atoms with Crippen molar-refractivity contribution < 1.29 is 4.74 Å². The first kappa shape index (κ1) is 6.05. The molecule has 0 aromatic rings. The van der Waals surface area contributed by atoms with Gasteiger partial charge in [-0.05, 0) is 30.3 Å². The normalized spacial score (nSPS) is 42.7. The number of ether oxygens (including phenoxy) is 1. The summed E-state index contributed by atoms with van der Waals surface area (Å²) in [7, 11) is 0. The third-order valence-electron chi connectivity index (χ3n) is 2.10. The van der Waals surface area contributed by atoms with Crippen molar-refractivity contribution in [2.45, 2.75) is 18.9 Å². The highest BCUT2D eigenvalue weighted by molar-refractivity contribution is 7.99. The topological polar surface area (TPSA) is 9.23 Å². The molecule has 2 atom stereocenters. The summed E-state index contributed by atoms with van der Waals surface area (Å²) in [5.74, 6) is 3.56. The monoisotopic (exact) mass is 144 g/mol. The average Bonchev–Trinajstić information content (AvgIpc) is 2.09. The van der Waals surface area contributed by atoms with Crippen LogP contribution in [0.1, 0.15) is 12.8 Å². The Bertz CT molecular complexity index is 93.1. The van der Waals surface area contributed by atoms with Gasteiger partial charge in [0.1, 0.15) is 0 Å². The summed E-state index contributed by atoms with van der Waals surface area (Å²) in [6.45, 7) is 1.04. The first-order chi connectivity index (χ1) is 4.45. The molecule has 0 aromatic heterocycles. The fourth-order valence-electron chi connectivity index (χ4n) is 1.56. The molecule has 1 nitrogen and oxygen atoms in total. The highest BCUT2D eigenvalue weighted by Crippen LogP contribution is 2.29. The largest absolute Gasteiger partial charge is 0.378 e. The molecule has 0 aliphatic carbocycles. The van der Waals surface area contributed by atoms with E-state index in [-0.39, 0.29) is 0 Å². The lowest BCUT2D eigenvalue weighted by Gasteiger charge is -2.07. The molecule has 0 radical (unpaired) electrons. The maximum absolute atomic E-state index is 5.54. The zero-order chi connectivity index (χ0) is 6.10. The fourth-order valence-corrected chi connectivity index (χ4v) is 2.72. The second-order valence-electron chi connectivity index (χ2n) is 2.92. The standard InChI is InChI=1S/C7H12OS/c1-2-9-5-6-3-7(1)8-4-6/h6-7H,1-5H2. The number of thioether (sulfide) groups is 1. The molecular weight excluding hydrogens is 132 g/mol. The molecule has 0 spiro atoms. The third kappa shape index (κ3) is 1.24.